The molecule has 2 atom stereocenters. The van der Waals surface area contributed by atoms with Crippen LogP contribution < -0.4 is 19.7 Å². The summed E-state index contributed by atoms with van der Waals surface area (Å²) in [6.45, 7) is 2.55. The molecule has 0 spiro atoms. The first kappa shape index (κ1) is 27.4. The lowest BCUT2D eigenvalue weighted by molar-refractivity contribution is -0.137. The molecule has 3 aliphatic rings. The summed E-state index contributed by atoms with van der Waals surface area (Å²) in [6, 6.07) is 15.1. The fraction of sp³-hybridized carbons (Fsp3) is 0.310. The van der Waals surface area contributed by atoms with Crippen molar-refractivity contribution in [2.75, 3.05) is 11.4 Å². The second-order valence-corrected chi connectivity index (χ2v) is 13.6. The third-order valence-corrected chi connectivity index (χ3v) is 11.0. The fourth-order valence-electron chi connectivity index (χ4n) is 6.05. The van der Waals surface area contributed by atoms with Gasteiger partial charge < -0.3 is 10.0 Å². The minimum atomic E-state index is -1.15. The standard InChI is InChI=1S/C29H26BrN3O4S3/c1-2-31-27(37)25(40-29(31)38)28-33(15-23(34)35)26(36)22(39-28)13-17-11-19-18-9-6-10-21(18)32(24(19)20(30)12-17)14-16-7-4-3-5-8-16/h3-5,7-8,11-13,18,21H,2,6,9-10,14-15H2,1H3,(H,34,35). The lowest BCUT2D eigenvalue weighted by Gasteiger charge is -2.28. The van der Waals surface area contributed by atoms with Crippen LogP contribution in [0.1, 0.15) is 48.8 Å². The molecule has 1 saturated carbocycles. The van der Waals surface area contributed by atoms with Gasteiger partial charge in [-0.25, -0.2) is 0 Å². The number of thiocarbonyl (C=S) groups is 1. The van der Waals surface area contributed by atoms with Crippen molar-refractivity contribution < 1.29 is 14.7 Å². The summed E-state index contributed by atoms with van der Waals surface area (Å²) in [5.74, 6) is -1.02. The van der Waals surface area contributed by atoms with Gasteiger partial charge in [0.15, 0.2) is 0 Å². The average molecular weight is 657 g/mol. The maximum absolute atomic E-state index is 13.5. The van der Waals surface area contributed by atoms with E-state index >= 15 is 0 Å². The second-order valence-electron chi connectivity index (χ2n) is 10.1. The second kappa shape index (κ2) is 10.9. The summed E-state index contributed by atoms with van der Waals surface area (Å²) in [7, 11) is 0. The minimum absolute atomic E-state index is 0.296. The van der Waals surface area contributed by atoms with E-state index in [-0.39, 0.29) is 5.91 Å². The van der Waals surface area contributed by atoms with Crippen LogP contribution in [-0.2, 0) is 22.7 Å². The number of aliphatic carboxylic acids is 1. The molecule has 11 heteroatoms. The van der Waals surface area contributed by atoms with Crippen LogP contribution in [0.5, 0.6) is 0 Å². The highest BCUT2D eigenvalue weighted by molar-refractivity contribution is 9.10. The SMILES string of the molecule is CCN1C(=O)C(=c2sc(=Cc3cc(Br)c4c(c3)C3CCCC3N4Cc3ccccc3)c(=O)n2CC(=O)O)SC1=S. The Kier molecular flexibility index (Phi) is 7.49. The zero-order valence-electron chi connectivity index (χ0n) is 21.6. The molecular weight excluding hydrogens is 630 g/mol. The molecule has 2 unspecified atom stereocenters. The van der Waals surface area contributed by atoms with Crippen molar-refractivity contribution in [3.05, 3.63) is 83.2 Å². The number of thiazole rings is 1. The molecule has 3 aromatic rings. The van der Waals surface area contributed by atoms with Gasteiger partial charge >= 0.3 is 5.97 Å². The first-order valence-electron chi connectivity index (χ1n) is 13.1. The number of benzene rings is 2. The highest BCUT2D eigenvalue weighted by atomic mass is 79.9. The van der Waals surface area contributed by atoms with Gasteiger partial charge in [-0.2, -0.15) is 0 Å². The first-order chi connectivity index (χ1) is 19.3. The third-order valence-electron chi connectivity index (χ3n) is 7.74. The van der Waals surface area contributed by atoms with Crippen molar-refractivity contribution in [3.63, 3.8) is 0 Å². The van der Waals surface area contributed by atoms with Gasteiger partial charge in [0.05, 0.1) is 10.2 Å². The number of thioether (sulfide) groups is 1. The Morgan fingerprint density at radius 3 is 2.67 bits per heavy atom. The largest absolute Gasteiger partial charge is 0.480 e. The van der Waals surface area contributed by atoms with Gasteiger partial charge in [0.1, 0.15) is 20.4 Å². The van der Waals surface area contributed by atoms with Crippen molar-refractivity contribution in [2.45, 2.75) is 51.2 Å². The van der Waals surface area contributed by atoms with E-state index in [1.54, 1.807) is 0 Å². The Bertz CT molecular complexity index is 1730. The van der Waals surface area contributed by atoms with Crippen molar-refractivity contribution >= 4 is 84.1 Å². The third kappa shape index (κ3) is 4.76. The monoisotopic (exact) mass is 655 g/mol. The molecule has 3 heterocycles. The molecule has 1 N–H and O–H groups in total. The number of rotatable bonds is 6. The molecule has 40 heavy (non-hydrogen) atoms. The number of amides is 1. The fourth-order valence-corrected chi connectivity index (χ4v) is 9.41. The lowest BCUT2D eigenvalue weighted by Crippen LogP contribution is -2.35. The molecule has 2 aliphatic heterocycles. The molecule has 1 amide bonds. The number of carbonyl (C=O) groups is 2. The quantitative estimate of drug-likeness (QED) is 0.398. The van der Waals surface area contributed by atoms with Gasteiger partial charge in [0.25, 0.3) is 11.5 Å². The van der Waals surface area contributed by atoms with Crippen molar-refractivity contribution in [1.29, 1.82) is 0 Å². The van der Waals surface area contributed by atoms with E-state index in [2.05, 4.69) is 51.2 Å². The van der Waals surface area contributed by atoms with Crippen LogP contribution in [-0.4, -0.2) is 43.4 Å². The first-order valence-corrected chi connectivity index (χ1v) is 16.0. The number of halogens is 1. The summed E-state index contributed by atoms with van der Waals surface area (Å²) in [4.78, 5) is 42.4. The summed E-state index contributed by atoms with van der Waals surface area (Å²) in [5.41, 5.74) is 4.20. The topological polar surface area (TPSA) is 82.9 Å². The predicted molar refractivity (Wildman–Crippen MR) is 167 cm³/mol. The molecule has 6 rings (SSSR count). The van der Waals surface area contributed by atoms with E-state index in [4.69, 9.17) is 12.2 Å². The molecule has 0 bridgehead atoms. The molecule has 2 fully saturated rings. The minimum Gasteiger partial charge on any atom is -0.480 e. The van der Waals surface area contributed by atoms with Crippen LogP contribution in [0.3, 0.4) is 0 Å². The summed E-state index contributed by atoms with van der Waals surface area (Å²) in [5, 5.41) is 9.52. The van der Waals surface area contributed by atoms with Crippen molar-refractivity contribution in [3.8, 4) is 0 Å². The van der Waals surface area contributed by atoms with Crippen LogP contribution >= 0.6 is 51.2 Å². The normalized spacial score (nSPS) is 21.9. The summed E-state index contributed by atoms with van der Waals surface area (Å²) >= 11 is 11.4. The van der Waals surface area contributed by atoms with E-state index in [1.807, 2.05) is 25.1 Å². The van der Waals surface area contributed by atoms with Gasteiger partial charge in [0, 0.05) is 29.5 Å². The van der Waals surface area contributed by atoms with Crippen LogP contribution in [0.4, 0.5) is 5.69 Å². The van der Waals surface area contributed by atoms with Gasteiger partial charge in [-0.3, -0.25) is 23.9 Å². The summed E-state index contributed by atoms with van der Waals surface area (Å²) in [6.07, 6.45) is 5.26. The molecular formula is C29H26BrN3O4S3. The number of nitrogens with zero attached hydrogens (tertiary/aromatic N) is 3. The molecule has 1 aromatic heterocycles. The Labute approximate surface area is 252 Å². The van der Waals surface area contributed by atoms with Crippen molar-refractivity contribution in [2.24, 2.45) is 0 Å². The highest BCUT2D eigenvalue weighted by Gasteiger charge is 2.42. The zero-order chi connectivity index (χ0) is 28.1. The van der Waals surface area contributed by atoms with Crippen LogP contribution in [0, 0.1) is 0 Å². The van der Waals surface area contributed by atoms with E-state index in [0.29, 0.717) is 36.9 Å². The van der Waals surface area contributed by atoms with E-state index < -0.39 is 18.1 Å². The molecule has 1 aliphatic carbocycles. The Balaban J connectivity index is 1.47. The Morgan fingerprint density at radius 2 is 1.98 bits per heavy atom. The van der Waals surface area contributed by atoms with Gasteiger partial charge in [-0.05, 0) is 70.6 Å². The van der Waals surface area contributed by atoms with E-state index in [9.17, 15) is 19.5 Å². The number of hydrogen-bond acceptors (Lipinski definition) is 7. The van der Waals surface area contributed by atoms with Crippen LogP contribution in [0.15, 0.2) is 51.7 Å². The Hall–Kier alpha value is -2.73. The molecule has 2 aromatic carbocycles. The molecule has 206 valence electrons. The molecule has 7 nitrogen and oxygen atoms in total. The molecule has 0 radical (unpaired) electrons. The lowest BCUT2D eigenvalue weighted by atomic mass is 9.96. The van der Waals surface area contributed by atoms with Crippen molar-refractivity contribution in [1.82, 2.24) is 9.47 Å². The average Bonchev–Trinajstić information content (AvgIpc) is 3.65. The van der Waals surface area contributed by atoms with Crippen LogP contribution in [0.25, 0.3) is 11.0 Å². The number of anilines is 1. The van der Waals surface area contributed by atoms with E-state index in [0.717, 1.165) is 52.5 Å². The van der Waals surface area contributed by atoms with Crippen LogP contribution in [0.2, 0.25) is 0 Å². The maximum atomic E-state index is 13.5. The number of carbonyl (C=O) groups excluding carboxylic acids is 1. The van der Waals surface area contributed by atoms with E-state index in [1.165, 1.54) is 32.7 Å². The number of aromatic nitrogens is 1. The molecule has 1 saturated heterocycles. The number of carboxylic acid groups (broad SMARTS) is 1. The van der Waals surface area contributed by atoms with Gasteiger partial charge in [-0.1, -0.05) is 60.7 Å². The number of fused-ring (bicyclic) bond motifs is 3. The highest BCUT2D eigenvalue weighted by Crippen LogP contribution is 2.52. The zero-order valence-corrected chi connectivity index (χ0v) is 25.7. The number of hydrogen-bond donors (Lipinski definition) is 1. The smallest absolute Gasteiger partial charge is 0.323 e. The number of carboxylic acids is 1. The maximum Gasteiger partial charge on any atom is 0.323 e. The predicted octanol–water partition coefficient (Wildman–Crippen LogP) is 4.23. The van der Waals surface area contributed by atoms with Gasteiger partial charge in [0.2, 0.25) is 0 Å². The summed E-state index contributed by atoms with van der Waals surface area (Å²) < 4.78 is 3.27. The van der Waals surface area contributed by atoms with Gasteiger partial charge in [-0.15, -0.1) is 11.3 Å². The Morgan fingerprint density at radius 1 is 1.20 bits per heavy atom.